The van der Waals surface area contributed by atoms with Gasteiger partial charge in [0.2, 0.25) is 0 Å². The van der Waals surface area contributed by atoms with E-state index in [2.05, 4.69) is 18.6 Å². The molecule has 4 heteroatoms. The summed E-state index contributed by atoms with van der Waals surface area (Å²) in [6, 6.07) is 5.18. The third-order valence-electron chi connectivity index (χ3n) is 3.36. The van der Waals surface area contributed by atoms with Crippen LogP contribution in [0.5, 0.6) is 0 Å². The molecule has 2 atom stereocenters. The number of aryl methyl sites for hydroxylation is 1. The molecule has 0 amide bonds. The minimum absolute atomic E-state index is 0.0198. The van der Waals surface area contributed by atoms with E-state index in [0.717, 1.165) is 43.2 Å². The summed E-state index contributed by atoms with van der Waals surface area (Å²) in [6.45, 7) is 6.16. The van der Waals surface area contributed by atoms with Crippen molar-refractivity contribution in [2.75, 3.05) is 5.75 Å². The van der Waals surface area contributed by atoms with Gasteiger partial charge in [-0.05, 0) is 43.4 Å². The Morgan fingerprint density at radius 3 is 2.60 bits per heavy atom. The van der Waals surface area contributed by atoms with Crippen molar-refractivity contribution in [1.29, 1.82) is 0 Å². The molecule has 1 aromatic rings. The predicted molar refractivity (Wildman–Crippen MR) is 84.5 cm³/mol. The van der Waals surface area contributed by atoms with Gasteiger partial charge >= 0.3 is 0 Å². The average Bonchev–Trinajstić information content (AvgIpc) is 2.44. The van der Waals surface area contributed by atoms with Crippen LogP contribution in [-0.2, 0) is 17.8 Å². The van der Waals surface area contributed by atoms with E-state index in [9.17, 15) is 8.94 Å². The first-order chi connectivity index (χ1) is 9.58. The molecule has 2 nitrogen and oxygen atoms in total. The van der Waals surface area contributed by atoms with Crippen LogP contribution >= 0.6 is 0 Å². The molecule has 0 aromatic heterocycles. The molecule has 0 unspecified atom stereocenters. The Morgan fingerprint density at radius 2 is 1.95 bits per heavy atom. The van der Waals surface area contributed by atoms with Crippen LogP contribution < -0.4 is 4.72 Å². The molecule has 0 aliphatic carbocycles. The molecule has 1 aromatic carbocycles. The highest BCUT2D eigenvalue weighted by molar-refractivity contribution is 7.89. The smallest absolute Gasteiger partial charge is 0.126 e. The minimum Gasteiger partial charge on any atom is -0.598 e. The summed E-state index contributed by atoms with van der Waals surface area (Å²) in [5.74, 6) is 0.534. The van der Waals surface area contributed by atoms with Crippen LogP contribution in [0, 0.1) is 5.82 Å². The van der Waals surface area contributed by atoms with Gasteiger partial charge in [-0.3, -0.25) is 0 Å². The normalized spacial score (nSPS) is 14.2. The predicted octanol–water partition coefficient (Wildman–Crippen LogP) is 4.28. The van der Waals surface area contributed by atoms with Gasteiger partial charge in [0, 0.05) is 11.4 Å². The quantitative estimate of drug-likeness (QED) is 0.691. The highest BCUT2D eigenvalue weighted by Crippen LogP contribution is 2.19. The number of nitrogens with one attached hydrogen (secondary N) is 1. The Bertz CT molecular complexity index is 400. The lowest BCUT2D eigenvalue weighted by atomic mass is 10.0. The van der Waals surface area contributed by atoms with E-state index in [1.807, 2.05) is 13.0 Å². The zero-order valence-corrected chi connectivity index (χ0v) is 13.6. The Kier molecular flexibility index (Phi) is 8.19. The van der Waals surface area contributed by atoms with E-state index in [-0.39, 0.29) is 11.9 Å². The van der Waals surface area contributed by atoms with Gasteiger partial charge in [0.25, 0.3) is 0 Å². The van der Waals surface area contributed by atoms with Crippen molar-refractivity contribution in [2.24, 2.45) is 0 Å². The van der Waals surface area contributed by atoms with Gasteiger partial charge in [-0.2, -0.15) is 0 Å². The SMILES string of the molecule is CCCCc1cc([C@H](C)N[S@@+]([O-])CCCC)ccc1F. The fourth-order valence-corrected chi connectivity index (χ4v) is 3.22. The van der Waals surface area contributed by atoms with Crippen LogP contribution in [-0.4, -0.2) is 10.3 Å². The Hall–Kier alpha value is -0.580. The second-order valence-electron chi connectivity index (χ2n) is 5.20. The van der Waals surface area contributed by atoms with E-state index in [1.54, 1.807) is 6.07 Å². The van der Waals surface area contributed by atoms with Crippen molar-refractivity contribution in [3.8, 4) is 0 Å². The van der Waals surface area contributed by atoms with Gasteiger partial charge < -0.3 is 4.55 Å². The summed E-state index contributed by atoms with van der Waals surface area (Å²) in [7, 11) is 0. The van der Waals surface area contributed by atoms with Crippen molar-refractivity contribution in [1.82, 2.24) is 4.72 Å². The number of benzene rings is 1. The molecule has 0 fully saturated rings. The van der Waals surface area contributed by atoms with E-state index < -0.39 is 11.4 Å². The third-order valence-corrected chi connectivity index (χ3v) is 4.64. The number of rotatable bonds is 9. The van der Waals surface area contributed by atoms with Gasteiger partial charge in [-0.1, -0.05) is 38.8 Å². The first kappa shape index (κ1) is 17.5. The number of halogens is 1. The lowest BCUT2D eigenvalue weighted by Gasteiger charge is -2.18. The first-order valence-corrected chi connectivity index (χ1v) is 8.83. The maximum Gasteiger partial charge on any atom is 0.126 e. The largest absolute Gasteiger partial charge is 0.598 e. The Labute approximate surface area is 125 Å². The molecule has 0 saturated carbocycles. The highest BCUT2D eigenvalue weighted by atomic mass is 32.2. The fraction of sp³-hybridized carbons (Fsp3) is 0.625. The topological polar surface area (TPSA) is 35.1 Å². The highest BCUT2D eigenvalue weighted by Gasteiger charge is 2.14. The van der Waals surface area contributed by atoms with Crippen molar-refractivity contribution >= 4 is 11.4 Å². The van der Waals surface area contributed by atoms with Gasteiger partial charge in [-0.25, -0.2) is 4.39 Å². The molecular formula is C16H26FNOS. The molecule has 0 bridgehead atoms. The second-order valence-corrected chi connectivity index (χ2v) is 6.53. The first-order valence-electron chi connectivity index (χ1n) is 7.51. The second kappa shape index (κ2) is 9.37. The molecular weight excluding hydrogens is 273 g/mol. The summed E-state index contributed by atoms with van der Waals surface area (Å²) in [5.41, 5.74) is 1.76. The van der Waals surface area contributed by atoms with Crippen LogP contribution in [0.1, 0.15) is 63.6 Å². The van der Waals surface area contributed by atoms with Gasteiger partial charge in [0.05, 0.1) is 6.04 Å². The van der Waals surface area contributed by atoms with Crippen LogP contribution in [0.25, 0.3) is 0 Å². The summed E-state index contributed by atoms with van der Waals surface area (Å²) >= 11 is -1.01. The van der Waals surface area contributed by atoms with Crippen molar-refractivity contribution in [2.45, 2.75) is 58.9 Å². The Morgan fingerprint density at radius 1 is 1.25 bits per heavy atom. The molecule has 0 heterocycles. The number of hydrogen-bond donors (Lipinski definition) is 1. The molecule has 0 saturated heterocycles. The van der Waals surface area contributed by atoms with Gasteiger partial charge in [0.15, 0.2) is 0 Å². The summed E-state index contributed by atoms with van der Waals surface area (Å²) in [6.07, 6.45) is 4.81. The molecule has 1 N–H and O–H groups in total. The summed E-state index contributed by atoms with van der Waals surface area (Å²) < 4.78 is 28.6. The molecule has 0 aliphatic heterocycles. The van der Waals surface area contributed by atoms with Crippen molar-refractivity contribution in [3.63, 3.8) is 0 Å². The standard InChI is InChI=1S/C16H26FNOS/c1-4-6-8-15-12-14(9-10-16(15)17)13(3)18-20(19)11-7-5-2/h9-10,12-13,18H,4-8,11H2,1-3H3/t13-,20-/m0/s1. The number of unbranched alkanes of at least 4 members (excludes halogenated alkanes) is 2. The van der Waals surface area contributed by atoms with E-state index in [1.165, 1.54) is 6.07 Å². The lowest BCUT2D eigenvalue weighted by molar-refractivity contribution is 0.561. The van der Waals surface area contributed by atoms with Gasteiger partial charge in [0.1, 0.15) is 11.6 Å². The Balaban J connectivity index is 2.65. The zero-order valence-electron chi connectivity index (χ0n) is 12.7. The van der Waals surface area contributed by atoms with Gasteiger partial charge in [-0.15, -0.1) is 4.72 Å². The minimum atomic E-state index is -1.01. The molecule has 0 spiro atoms. The van der Waals surface area contributed by atoms with E-state index in [0.29, 0.717) is 5.75 Å². The maximum atomic E-state index is 13.7. The monoisotopic (exact) mass is 299 g/mol. The molecule has 114 valence electrons. The fourth-order valence-electron chi connectivity index (χ4n) is 2.02. The van der Waals surface area contributed by atoms with E-state index in [4.69, 9.17) is 0 Å². The summed E-state index contributed by atoms with van der Waals surface area (Å²) in [4.78, 5) is 0. The molecule has 0 aliphatic rings. The zero-order chi connectivity index (χ0) is 15.0. The van der Waals surface area contributed by atoms with Crippen LogP contribution in [0.3, 0.4) is 0 Å². The van der Waals surface area contributed by atoms with Crippen molar-refractivity contribution < 1.29 is 8.94 Å². The lowest BCUT2D eigenvalue weighted by Crippen LogP contribution is -2.29. The van der Waals surface area contributed by atoms with Crippen LogP contribution in [0.15, 0.2) is 18.2 Å². The number of hydrogen-bond acceptors (Lipinski definition) is 2. The van der Waals surface area contributed by atoms with Crippen LogP contribution in [0.4, 0.5) is 4.39 Å². The summed E-state index contributed by atoms with van der Waals surface area (Å²) in [5, 5.41) is 0. The van der Waals surface area contributed by atoms with E-state index >= 15 is 0 Å². The maximum absolute atomic E-state index is 13.7. The van der Waals surface area contributed by atoms with Crippen molar-refractivity contribution in [3.05, 3.63) is 35.1 Å². The van der Waals surface area contributed by atoms with Crippen LogP contribution in [0.2, 0.25) is 0 Å². The third kappa shape index (κ3) is 5.81. The average molecular weight is 299 g/mol. The molecule has 1 rings (SSSR count). The molecule has 20 heavy (non-hydrogen) atoms. The molecule has 0 radical (unpaired) electrons.